The fraction of sp³-hybridized carbons (Fsp3) is 0.355. The van der Waals surface area contributed by atoms with Gasteiger partial charge in [-0.05, 0) is 63.9 Å². The van der Waals surface area contributed by atoms with Crippen LogP contribution in [0.25, 0.3) is 16.6 Å². The number of amides is 1. The summed E-state index contributed by atoms with van der Waals surface area (Å²) in [6.07, 6.45) is 5.96. The van der Waals surface area contributed by atoms with Crippen LogP contribution in [0.5, 0.6) is 11.5 Å². The first-order chi connectivity index (χ1) is 21.0. The van der Waals surface area contributed by atoms with Crippen molar-refractivity contribution < 1.29 is 23.0 Å². The van der Waals surface area contributed by atoms with Gasteiger partial charge in [0.05, 0.1) is 34.5 Å². The molecule has 11 nitrogen and oxygen atoms in total. The van der Waals surface area contributed by atoms with Crippen LogP contribution < -0.4 is 10.3 Å². The number of nitriles is 1. The minimum Gasteiger partial charge on any atom is -0.453 e. The summed E-state index contributed by atoms with van der Waals surface area (Å²) in [5.41, 5.74) is -1.14. The van der Waals surface area contributed by atoms with Crippen LogP contribution in [0.4, 0.5) is 13.6 Å². The molecular weight excluding hydrogens is 572 g/mol. The molecule has 3 heterocycles. The molecule has 2 aromatic carbocycles. The van der Waals surface area contributed by atoms with Crippen molar-refractivity contribution in [1.29, 1.82) is 5.26 Å². The van der Waals surface area contributed by atoms with Crippen LogP contribution in [0.15, 0.2) is 53.8 Å². The molecule has 0 unspecified atom stereocenters. The molecule has 2 aromatic heterocycles. The predicted molar refractivity (Wildman–Crippen MR) is 154 cm³/mol. The fourth-order valence-corrected chi connectivity index (χ4v) is 5.33. The minimum atomic E-state index is -0.923. The summed E-state index contributed by atoms with van der Waals surface area (Å²) in [5.74, 6) is -1.73. The second-order valence-electron chi connectivity index (χ2n) is 11.8. The highest BCUT2D eigenvalue weighted by Crippen LogP contribution is 2.49. The number of halogens is 2. The average molecular weight is 602 g/mol. The molecule has 1 aliphatic heterocycles. The number of rotatable bonds is 5. The summed E-state index contributed by atoms with van der Waals surface area (Å²) in [6.45, 7) is 7.96. The molecule has 0 N–H and O–H groups in total. The quantitative estimate of drug-likeness (QED) is 0.321. The number of carbonyl (C=O) groups excluding carboxylic acids is 1. The summed E-state index contributed by atoms with van der Waals surface area (Å²) in [7, 11) is 0. The van der Waals surface area contributed by atoms with Crippen molar-refractivity contribution in [3.8, 4) is 23.3 Å². The maximum Gasteiger partial charge on any atom is 0.410 e. The molecule has 0 radical (unpaired) electrons. The molecule has 0 bridgehead atoms. The number of hydrogen-bond donors (Lipinski definition) is 0. The number of piperazine rings is 1. The van der Waals surface area contributed by atoms with Gasteiger partial charge in [0.25, 0.3) is 5.56 Å². The maximum absolute atomic E-state index is 14.4. The van der Waals surface area contributed by atoms with Crippen molar-refractivity contribution in [2.24, 2.45) is 0 Å². The molecule has 2 fully saturated rings. The number of ether oxygens (including phenoxy) is 2. The third-order valence-electron chi connectivity index (χ3n) is 7.71. The van der Waals surface area contributed by atoms with Gasteiger partial charge in [-0.25, -0.2) is 28.5 Å². The lowest BCUT2D eigenvalue weighted by atomic mass is 10.1. The molecule has 13 heteroatoms. The molecule has 1 amide bonds. The summed E-state index contributed by atoms with van der Waals surface area (Å²) < 4.78 is 40.7. The van der Waals surface area contributed by atoms with Crippen molar-refractivity contribution in [2.45, 2.75) is 44.8 Å². The van der Waals surface area contributed by atoms with E-state index in [2.05, 4.69) is 19.9 Å². The Balaban J connectivity index is 1.21. The molecule has 226 valence electrons. The van der Waals surface area contributed by atoms with Crippen molar-refractivity contribution in [3.63, 3.8) is 0 Å². The number of benzene rings is 2. The Kier molecular flexibility index (Phi) is 7.25. The van der Waals surface area contributed by atoms with E-state index in [1.54, 1.807) is 23.4 Å². The van der Waals surface area contributed by atoms with Crippen LogP contribution in [-0.4, -0.2) is 67.2 Å². The van der Waals surface area contributed by atoms with Gasteiger partial charge in [-0.15, -0.1) is 0 Å². The second kappa shape index (κ2) is 10.9. The van der Waals surface area contributed by atoms with Gasteiger partial charge in [0.2, 0.25) is 0 Å². The highest BCUT2D eigenvalue weighted by atomic mass is 19.1. The smallest absolute Gasteiger partial charge is 0.410 e. The molecule has 0 atom stereocenters. The number of nitrogens with zero attached hydrogens (tertiary/aromatic N) is 7. The van der Waals surface area contributed by atoms with E-state index in [4.69, 9.17) is 9.47 Å². The van der Waals surface area contributed by atoms with Gasteiger partial charge in [0.15, 0.2) is 11.6 Å². The first-order valence-electron chi connectivity index (χ1n) is 14.1. The molecular formula is C31H29F2N7O4. The molecule has 1 aliphatic carbocycles. The Bertz CT molecular complexity index is 1850. The lowest BCUT2D eigenvalue weighted by Gasteiger charge is -2.39. The van der Waals surface area contributed by atoms with Gasteiger partial charge in [-0.2, -0.15) is 5.26 Å². The van der Waals surface area contributed by atoms with E-state index >= 15 is 0 Å². The lowest BCUT2D eigenvalue weighted by Crippen LogP contribution is -2.53. The maximum atomic E-state index is 14.4. The summed E-state index contributed by atoms with van der Waals surface area (Å²) in [5, 5.41) is 9.42. The van der Waals surface area contributed by atoms with Crippen LogP contribution in [0.3, 0.4) is 0 Å². The highest BCUT2D eigenvalue weighted by molar-refractivity contribution is 5.79. The van der Waals surface area contributed by atoms with Crippen LogP contribution in [-0.2, 0) is 10.3 Å². The van der Waals surface area contributed by atoms with Crippen molar-refractivity contribution in [3.05, 3.63) is 82.4 Å². The first-order valence-corrected chi connectivity index (χ1v) is 14.1. The lowest BCUT2D eigenvalue weighted by molar-refractivity contribution is 0.00756. The Morgan fingerprint density at radius 3 is 2.32 bits per heavy atom. The molecule has 6 rings (SSSR count). The average Bonchev–Trinajstić information content (AvgIpc) is 3.81. The standard InChI is InChI=1S/C31H29F2N7O4/c1-30(2,3)44-29(42)38-10-12-39(13-11-38)31(8-9-31)28-35-16-19(17-36-28)40-18-37-25-7-4-20(14-21(25)27(40)41)43-26-22(15-34)23(32)5-6-24(26)33/h4-7,14,16-18H,8-13H2,1-3H3. The van der Waals surface area contributed by atoms with E-state index in [1.165, 1.54) is 29.1 Å². The van der Waals surface area contributed by atoms with Crippen LogP contribution >= 0.6 is 0 Å². The highest BCUT2D eigenvalue weighted by Gasteiger charge is 2.52. The number of hydrogen-bond acceptors (Lipinski definition) is 9. The zero-order chi connectivity index (χ0) is 31.2. The van der Waals surface area contributed by atoms with Crippen LogP contribution in [0.1, 0.15) is 45.0 Å². The van der Waals surface area contributed by atoms with Gasteiger partial charge < -0.3 is 14.4 Å². The Hall–Kier alpha value is -4.96. The second-order valence-corrected chi connectivity index (χ2v) is 11.8. The van der Waals surface area contributed by atoms with Crippen molar-refractivity contribution in [2.75, 3.05) is 26.2 Å². The SMILES string of the molecule is CC(C)(C)OC(=O)N1CCN(C2(c3ncc(-n4cnc5ccc(Oc6c(F)ccc(F)c6C#N)cc5c4=O)cn3)CC2)CC1. The van der Waals surface area contributed by atoms with Gasteiger partial charge in [0, 0.05) is 26.2 Å². The normalized spacial score (nSPS) is 16.4. The molecule has 4 aromatic rings. The van der Waals surface area contributed by atoms with E-state index in [0.29, 0.717) is 43.2 Å². The molecule has 2 aliphatic rings. The van der Waals surface area contributed by atoms with E-state index < -0.39 is 34.1 Å². The predicted octanol–water partition coefficient (Wildman–Crippen LogP) is 4.66. The molecule has 1 saturated carbocycles. The van der Waals surface area contributed by atoms with Gasteiger partial charge in [0.1, 0.15) is 41.0 Å². The van der Waals surface area contributed by atoms with E-state index in [9.17, 15) is 23.6 Å². The van der Waals surface area contributed by atoms with Gasteiger partial charge in [-0.1, -0.05) is 0 Å². The fourth-order valence-electron chi connectivity index (χ4n) is 5.33. The zero-order valence-electron chi connectivity index (χ0n) is 24.4. The monoisotopic (exact) mass is 601 g/mol. The number of carbonyl (C=O) groups is 1. The molecule has 0 spiro atoms. The number of aromatic nitrogens is 4. The summed E-state index contributed by atoms with van der Waals surface area (Å²) in [6, 6.07) is 7.63. The van der Waals surface area contributed by atoms with Gasteiger partial charge in [-0.3, -0.25) is 14.3 Å². The van der Waals surface area contributed by atoms with E-state index in [0.717, 1.165) is 25.0 Å². The molecule has 1 saturated heterocycles. The third kappa shape index (κ3) is 5.44. The third-order valence-corrected chi connectivity index (χ3v) is 7.71. The zero-order valence-corrected chi connectivity index (χ0v) is 24.4. The summed E-state index contributed by atoms with van der Waals surface area (Å²) in [4.78, 5) is 43.5. The summed E-state index contributed by atoms with van der Waals surface area (Å²) >= 11 is 0. The number of fused-ring (bicyclic) bond motifs is 1. The Morgan fingerprint density at radius 1 is 1.00 bits per heavy atom. The van der Waals surface area contributed by atoms with E-state index in [1.807, 2.05) is 20.8 Å². The Morgan fingerprint density at radius 2 is 1.68 bits per heavy atom. The largest absolute Gasteiger partial charge is 0.453 e. The van der Waals surface area contributed by atoms with Crippen LogP contribution in [0.2, 0.25) is 0 Å². The Labute approximate surface area is 251 Å². The topological polar surface area (TPSA) is 126 Å². The van der Waals surface area contributed by atoms with Crippen molar-refractivity contribution in [1.82, 2.24) is 29.3 Å². The minimum absolute atomic E-state index is 0.0317. The van der Waals surface area contributed by atoms with Crippen LogP contribution in [0, 0.1) is 23.0 Å². The van der Waals surface area contributed by atoms with E-state index in [-0.39, 0.29) is 22.8 Å². The molecule has 44 heavy (non-hydrogen) atoms. The van der Waals surface area contributed by atoms with Gasteiger partial charge >= 0.3 is 6.09 Å². The first kappa shape index (κ1) is 29.1. The van der Waals surface area contributed by atoms with Crippen molar-refractivity contribution >= 4 is 17.0 Å².